The maximum absolute atomic E-state index is 12.2. The number of hydrogen-bond donors (Lipinski definition) is 1. The number of esters is 1. The van der Waals surface area contributed by atoms with Crippen molar-refractivity contribution in [3.05, 3.63) is 58.7 Å². The molecule has 1 heterocycles. The average Bonchev–Trinajstić information content (AvgIpc) is 2.56. The number of carbonyl (C=O) groups excluding carboxylic acids is 2. The largest absolute Gasteiger partial charge is 0.449 e. The van der Waals surface area contributed by atoms with Crippen LogP contribution >= 0.6 is 11.6 Å². The Bertz CT molecular complexity index is 750. The topological polar surface area (TPSA) is 68.3 Å². The van der Waals surface area contributed by atoms with Gasteiger partial charge in [-0.1, -0.05) is 44.5 Å². The molecule has 0 bridgehead atoms. The number of rotatable bonds is 4. The van der Waals surface area contributed by atoms with Crippen molar-refractivity contribution in [1.82, 2.24) is 4.98 Å². The third-order valence-electron chi connectivity index (χ3n) is 3.62. The third-order valence-corrected chi connectivity index (χ3v) is 3.84. The fraction of sp³-hybridized carbons (Fsp3) is 0.316. The second-order valence-electron chi connectivity index (χ2n) is 6.73. The Balaban J connectivity index is 1.97. The van der Waals surface area contributed by atoms with Gasteiger partial charge in [-0.2, -0.15) is 0 Å². The monoisotopic (exact) mass is 360 g/mol. The molecule has 0 radical (unpaired) electrons. The van der Waals surface area contributed by atoms with E-state index in [1.165, 1.54) is 13.1 Å². The van der Waals surface area contributed by atoms with Crippen molar-refractivity contribution in [3.8, 4) is 0 Å². The van der Waals surface area contributed by atoms with Crippen LogP contribution in [0.15, 0.2) is 42.6 Å². The average molecular weight is 361 g/mol. The van der Waals surface area contributed by atoms with Gasteiger partial charge in [-0.05, 0) is 42.2 Å². The standard InChI is InChI=1S/C19H21ClN2O3/c1-12(17(23)22-16-10-9-15(20)11-21-16)25-18(24)13-5-7-14(8-6-13)19(2,3)4/h5-12H,1-4H3,(H,21,22,23)/t12-/m0/s1. The van der Waals surface area contributed by atoms with Gasteiger partial charge < -0.3 is 10.1 Å². The summed E-state index contributed by atoms with van der Waals surface area (Å²) in [5.74, 6) is -0.673. The summed E-state index contributed by atoms with van der Waals surface area (Å²) in [5, 5.41) is 3.04. The van der Waals surface area contributed by atoms with Gasteiger partial charge in [-0.25, -0.2) is 9.78 Å². The van der Waals surface area contributed by atoms with Gasteiger partial charge in [-0.3, -0.25) is 4.79 Å². The molecule has 0 saturated heterocycles. The summed E-state index contributed by atoms with van der Waals surface area (Å²) >= 11 is 5.74. The molecule has 2 aromatic rings. The summed E-state index contributed by atoms with van der Waals surface area (Å²) in [5.41, 5.74) is 1.52. The molecule has 1 aromatic carbocycles. The molecule has 0 fully saturated rings. The van der Waals surface area contributed by atoms with Gasteiger partial charge in [-0.15, -0.1) is 0 Å². The van der Waals surface area contributed by atoms with Gasteiger partial charge in [0.15, 0.2) is 6.10 Å². The van der Waals surface area contributed by atoms with Crippen LogP contribution in [0.25, 0.3) is 0 Å². The van der Waals surface area contributed by atoms with Gasteiger partial charge in [0.05, 0.1) is 10.6 Å². The van der Waals surface area contributed by atoms with Gasteiger partial charge in [0.2, 0.25) is 0 Å². The smallest absolute Gasteiger partial charge is 0.338 e. The minimum atomic E-state index is -0.952. The van der Waals surface area contributed by atoms with Crippen LogP contribution in [0.2, 0.25) is 5.02 Å². The normalized spacial score (nSPS) is 12.4. The molecule has 0 unspecified atom stereocenters. The Morgan fingerprint density at radius 3 is 2.28 bits per heavy atom. The Kier molecular flexibility index (Phi) is 5.80. The highest BCUT2D eigenvalue weighted by Gasteiger charge is 2.20. The molecule has 25 heavy (non-hydrogen) atoms. The molecule has 6 heteroatoms. The maximum atomic E-state index is 12.2. The molecule has 2 rings (SSSR count). The van der Waals surface area contributed by atoms with E-state index in [0.717, 1.165) is 5.56 Å². The van der Waals surface area contributed by atoms with E-state index in [-0.39, 0.29) is 5.41 Å². The molecule has 0 saturated carbocycles. The summed E-state index contributed by atoms with van der Waals surface area (Å²) in [6, 6.07) is 10.4. The number of halogens is 1. The second-order valence-corrected chi connectivity index (χ2v) is 7.16. The van der Waals surface area contributed by atoms with Crippen molar-refractivity contribution >= 4 is 29.3 Å². The van der Waals surface area contributed by atoms with Crippen molar-refractivity contribution in [2.45, 2.75) is 39.2 Å². The Morgan fingerprint density at radius 1 is 1.12 bits per heavy atom. The van der Waals surface area contributed by atoms with E-state index < -0.39 is 18.0 Å². The van der Waals surface area contributed by atoms with Crippen LogP contribution in [-0.4, -0.2) is 23.0 Å². The second kappa shape index (κ2) is 7.66. The van der Waals surface area contributed by atoms with E-state index in [4.69, 9.17) is 16.3 Å². The van der Waals surface area contributed by atoms with Crippen molar-refractivity contribution in [2.75, 3.05) is 5.32 Å². The number of benzene rings is 1. The minimum absolute atomic E-state index is 0.00118. The highest BCUT2D eigenvalue weighted by molar-refractivity contribution is 6.30. The van der Waals surface area contributed by atoms with Gasteiger partial charge in [0.1, 0.15) is 5.82 Å². The highest BCUT2D eigenvalue weighted by atomic mass is 35.5. The third kappa shape index (κ3) is 5.29. The molecule has 1 atom stereocenters. The molecule has 1 aromatic heterocycles. The molecule has 5 nitrogen and oxygen atoms in total. The molecule has 0 aliphatic carbocycles. The fourth-order valence-electron chi connectivity index (χ4n) is 2.07. The number of aromatic nitrogens is 1. The quantitative estimate of drug-likeness (QED) is 0.829. The molecule has 0 aliphatic rings. The lowest BCUT2D eigenvalue weighted by Gasteiger charge is -2.19. The minimum Gasteiger partial charge on any atom is -0.449 e. The number of anilines is 1. The van der Waals surface area contributed by atoms with Crippen molar-refractivity contribution in [2.24, 2.45) is 0 Å². The number of hydrogen-bond acceptors (Lipinski definition) is 4. The van der Waals surface area contributed by atoms with E-state index in [1.807, 2.05) is 12.1 Å². The summed E-state index contributed by atoms with van der Waals surface area (Å²) < 4.78 is 5.21. The first-order valence-electron chi connectivity index (χ1n) is 7.91. The van der Waals surface area contributed by atoms with E-state index in [9.17, 15) is 9.59 Å². The lowest BCUT2D eigenvalue weighted by molar-refractivity contribution is -0.123. The highest BCUT2D eigenvalue weighted by Crippen LogP contribution is 2.22. The van der Waals surface area contributed by atoms with E-state index in [1.54, 1.807) is 24.3 Å². The van der Waals surface area contributed by atoms with Crippen LogP contribution in [0, 0.1) is 0 Å². The molecule has 132 valence electrons. The van der Waals surface area contributed by atoms with Crippen molar-refractivity contribution < 1.29 is 14.3 Å². The van der Waals surface area contributed by atoms with Crippen LogP contribution in [0.5, 0.6) is 0 Å². The number of carbonyl (C=O) groups is 2. The zero-order chi connectivity index (χ0) is 18.6. The van der Waals surface area contributed by atoms with Gasteiger partial charge >= 0.3 is 5.97 Å². The molecular formula is C19H21ClN2O3. The van der Waals surface area contributed by atoms with Crippen LogP contribution in [0.1, 0.15) is 43.6 Å². The van der Waals surface area contributed by atoms with Crippen LogP contribution in [-0.2, 0) is 14.9 Å². The number of nitrogens with zero attached hydrogens (tertiary/aromatic N) is 1. The van der Waals surface area contributed by atoms with Crippen LogP contribution < -0.4 is 5.32 Å². The molecule has 1 amide bonds. The van der Waals surface area contributed by atoms with E-state index in [0.29, 0.717) is 16.4 Å². The lowest BCUT2D eigenvalue weighted by atomic mass is 9.87. The molecule has 0 aliphatic heterocycles. The molecular weight excluding hydrogens is 340 g/mol. The Hall–Kier alpha value is -2.40. The number of nitrogens with one attached hydrogen (secondary N) is 1. The first-order valence-corrected chi connectivity index (χ1v) is 8.28. The summed E-state index contributed by atoms with van der Waals surface area (Å²) in [6.07, 6.45) is 0.470. The number of amides is 1. The van der Waals surface area contributed by atoms with Crippen LogP contribution in [0.3, 0.4) is 0 Å². The number of pyridine rings is 1. The zero-order valence-electron chi connectivity index (χ0n) is 14.7. The Morgan fingerprint density at radius 2 is 1.76 bits per heavy atom. The molecule has 1 N–H and O–H groups in total. The zero-order valence-corrected chi connectivity index (χ0v) is 15.4. The first-order chi connectivity index (χ1) is 11.7. The Labute approximate surface area is 152 Å². The predicted octanol–water partition coefficient (Wildman–Crippen LogP) is 4.22. The van der Waals surface area contributed by atoms with E-state index >= 15 is 0 Å². The SMILES string of the molecule is C[C@H](OC(=O)c1ccc(C(C)(C)C)cc1)C(=O)Nc1ccc(Cl)cn1. The number of ether oxygens (including phenoxy) is 1. The fourth-order valence-corrected chi connectivity index (χ4v) is 2.18. The van der Waals surface area contributed by atoms with Crippen molar-refractivity contribution in [1.29, 1.82) is 0 Å². The molecule has 0 spiro atoms. The first kappa shape index (κ1) is 18.9. The van der Waals surface area contributed by atoms with Gasteiger partial charge in [0.25, 0.3) is 5.91 Å². The van der Waals surface area contributed by atoms with Crippen LogP contribution in [0.4, 0.5) is 5.82 Å². The van der Waals surface area contributed by atoms with E-state index in [2.05, 4.69) is 31.1 Å². The maximum Gasteiger partial charge on any atom is 0.338 e. The summed E-state index contributed by atoms with van der Waals surface area (Å²) in [7, 11) is 0. The predicted molar refractivity (Wildman–Crippen MR) is 97.9 cm³/mol. The lowest BCUT2D eigenvalue weighted by Crippen LogP contribution is -2.30. The summed E-state index contributed by atoms with van der Waals surface area (Å²) in [4.78, 5) is 28.2. The summed E-state index contributed by atoms with van der Waals surface area (Å²) in [6.45, 7) is 7.79. The van der Waals surface area contributed by atoms with Crippen molar-refractivity contribution in [3.63, 3.8) is 0 Å². The van der Waals surface area contributed by atoms with Gasteiger partial charge in [0, 0.05) is 6.20 Å².